The fourth-order valence-corrected chi connectivity index (χ4v) is 3.40. The molecule has 2 heterocycles. The molecule has 0 bridgehead atoms. The Morgan fingerprint density at radius 2 is 1.83 bits per heavy atom. The molecule has 2 amide bonds. The number of para-hydroxylation sites is 2. The molecule has 1 aromatic heterocycles. The van der Waals surface area contributed by atoms with Gasteiger partial charge in [-0.2, -0.15) is 0 Å². The van der Waals surface area contributed by atoms with Crippen LogP contribution in [-0.4, -0.2) is 23.5 Å². The molecule has 1 N–H and O–H groups in total. The van der Waals surface area contributed by atoms with Gasteiger partial charge >= 0.3 is 5.63 Å². The fourth-order valence-electron chi connectivity index (χ4n) is 3.40. The van der Waals surface area contributed by atoms with Crippen molar-refractivity contribution in [1.82, 2.24) is 0 Å². The van der Waals surface area contributed by atoms with Gasteiger partial charge in [0.2, 0.25) is 5.91 Å². The highest BCUT2D eigenvalue weighted by atomic mass is 16.5. The first kappa shape index (κ1) is 18.7. The number of nitrogens with zero attached hydrogens (tertiary/aromatic N) is 1. The van der Waals surface area contributed by atoms with Crippen LogP contribution in [0.25, 0.3) is 11.0 Å². The van der Waals surface area contributed by atoms with E-state index in [1.54, 1.807) is 63.2 Å². The lowest BCUT2D eigenvalue weighted by molar-refractivity contribution is -0.130. The second-order valence-corrected chi connectivity index (χ2v) is 7.42. The molecule has 1 atom stereocenters. The maximum Gasteiger partial charge on any atom is 0.336 e. The number of hydrogen-bond acceptors (Lipinski definition) is 5. The Labute approximate surface area is 166 Å². The highest BCUT2D eigenvalue weighted by molar-refractivity contribution is 6.14. The van der Waals surface area contributed by atoms with E-state index in [0.29, 0.717) is 22.7 Å². The molecule has 2 aromatic carbocycles. The number of nitrogens with one attached hydrogen (secondary N) is 1. The first-order chi connectivity index (χ1) is 13.8. The minimum atomic E-state index is -1.08. The minimum absolute atomic E-state index is 0.274. The van der Waals surface area contributed by atoms with Crippen LogP contribution >= 0.6 is 0 Å². The van der Waals surface area contributed by atoms with Crippen LogP contribution in [0.2, 0.25) is 0 Å². The van der Waals surface area contributed by atoms with Gasteiger partial charge in [0.1, 0.15) is 16.9 Å². The summed E-state index contributed by atoms with van der Waals surface area (Å²) in [5.41, 5.74) is 0.0141. The van der Waals surface area contributed by atoms with Gasteiger partial charge in [-0.1, -0.05) is 12.1 Å². The van der Waals surface area contributed by atoms with Crippen LogP contribution in [0.15, 0.2) is 63.8 Å². The molecular weight excluding hydrogens is 372 g/mol. The summed E-state index contributed by atoms with van der Waals surface area (Å²) in [7, 11) is 0. The van der Waals surface area contributed by atoms with Gasteiger partial charge in [-0.15, -0.1) is 0 Å². The summed E-state index contributed by atoms with van der Waals surface area (Å²) in [5, 5.41) is 3.58. The summed E-state index contributed by atoms with van der Waals surface area (Å²) in [6.45, 7) is 5.00. The zero-order valence-corrected chi connectivity index (χ0v) is 16.3. The predicted octanol–water partition coefficient (Wildman–Crippen LogP) is 3.32. The summed E-state index contributed by atoms with van der Waals surface area (Å²) >= 11 is 0. The van der Waals surface area contributed by atoms with Crippen LogP contribution in [0.1, 0.15) is 20.8 Å². The van der Waals surface area contributed by atoms with E-state index in [4.69, 9.17) is 9.15 Å². The normalized spacial score (nSPS) is 16.1. The molecule has 0 spiro atoms. The fraction of sp³-hybridized carbons (Fsp3) is 0.227. The third kappa shape index (κ3) is 3.24. The SMILES string of the molecule is C[C@H](Oc1ccc2ccc(=O)oc2c1)C(=O)N1c2ccccc2NC(=O)C1(C)C. The van der Waals surface area contributed by atoms with Crippen LogP contribution in [0, 0.1) is 0 Å². The topological polar surface area (TPSA) is 88.8 Å². The maximum absolute atomic E-state index is 13.3. The Morgan fingerprint density at radius 1 is 1.10 bits per heavy atom. The van der Waals surface area contributed by atoms with Gasteiger partial charge in [-0.3, -0.25) is 14.5 Å². The maximum atomic E-state index is 13.3. The highest BCUT2D eigenvalue weighted by Crippen LogP contribution is 2.37. The van der Waals surface area contributed by atoms with Crippen LogP contribution in [-0.2, 0) is 9.59 Å². The Hall–Kier alpha value is -3.61. The summed E-state index contributed by atoms with van der Waals surface area (Å²) in [6, 6.07) is 15.2. The third-order valence-corrected chi connectivity index (χ3v) is 4.98. The van der Waals surface area contributed by atoms with Crippen molar-refractivity contribution in [2.24, 2.45) is 0 Å². The molecule has 0 fully saturated rings. The van der Waals surface area contributed by atoms with Gasteiger partial charge in [-0.25, -0.2) is 4.79 Å². The number of anilines is 2. The molecule has 4 rings (SSSR count). The molecule has 148 valence electrons. The van der Waals surface area contributed by atoms with Gasteiger partial charge in [0.05, 0.1) is 11.4 Å². The van der Waals surface area contributed by atoms with E-state index in [9.17, 15) is 14.4 Å². The quantitative estimate of drug-likeness (QED) is 0.691. The van der Waals surface area contributed by atoms with Crippen molar-refractivity contribution in [2.45, 2.75) is 32.4 Å². The van der Waals surface area contributed by atoms with Crippen molar-refractivity contribution in [3.8, 4) is 5.75 Å². The van der Waals surface area contributed by atoms with Gasteiger partial charge in [0.15, 0.2) is 6.10 Å². The van der Waals surface area contributed by atoms with E-state index < -0.39 is 17.3 Å². The molecule has 0 saturated heterocycles. The Bertz CT molecular complexity index is 1180. The van der Waals surface area contributed by atoms with Crippen LogP contribution in [0.4, 0.5) is 11.4 Å². The molecule has 3 aromatic rings. The predicted molar refractivity (Wildman–Crippen MR) is 109 cm³/mol. The number of benzene rings is 2. The van der Waals surface area contributed by atoms with Crippen molar-refractivity contribution in [2.75, 3.05) is 10.2 Å². The molecule has 7 nitrogen and oxygen atoms in total. The molecule has 0 saturated carbocycles. The van der Waals surface area contributed by atoms with E-state index in [2.05, 4.69) is 5.32 Å². The number of hydrogen-bond donors (Lipinski definition) is 1. The summed E-state index contributed by atoms with van der Waals surface area (Å²) in [5.74, 6) is -0.239. The summed E-state index contributed by atoms with van der Waals surface area (Å²) < 4.78 is 11.0. The van der Waals surface area contributed by atoms with E-state index >= 15 is 0 Å². The monoisotopic (exact) mass is 392 g/mol. The molecule has 1 aliphatic rings. The van der Waals surface area contributed by atoms with E-state index in [-0.39, 0.29) is 11.8 Å². The van der Waals surface area contributed by atoms with Crippen LogP contribution < -0.4 is 20.6 Å². The lowest BCUT2D eigenvalue weighted by Gasteiger charge is -2.42. The molecule has 0 aliphatic carbocycles. The van der Waals surface area contributed by atoms with Crippen molar-refractivity contribution in [3.05, 3.63) is 65.0 Å². The van der Waals surface area contributed by atoms with Crippen molar-refractivity contribution in [1.29, 1.82) is 0 Å². The molecule has 0 radical (unpaired) electrons. The van der Waals surface area contributed by atoms with Crippen molar-refractivity contribution < 1.29 is 18.7 Å². The van der Waals surface area contributed by atoms with Crippen LogP contribution in [0.5, 0.6) is 5.75 Å². The number of rotatable bonds is 3. The van der Waals surface area contributed by atoms with Crippen molar-refractivity contribution >= 4 is 34.2 Å². The number of carbonyl (C=O) groups is 2. The van der Waals surface area contributed by atoms with Gasteiger partial charge in [0.25, 0.3) is 5.91 Å². The highest BCUT2D eigenvalue weighted by Gasteiger charge is 2.45. The Kier molecular flexibility index (Phi) is 4.38. The molecular formula is C22H20N2O5. The van der Waals surface area contributed by atoms with Crippen molar-refractivity contribution in [3.63, 3.8) is 0 Å². The molecule has 1 aliphatic heterocycles. The lowest BCUT2D eigenvalue weighted by atomic mass is 9.95. The average molecular weight is 392 g/mol. The second-order valence-electron chi connectivity index (χ2n) is 7.42. The Balaban J connectivity index is 1.65. The number of amides is 2. The molecule has 29 heavy (non-hydrogen) atoms. The summed E-state index contributed by atoms with van der Waals surface area (Å²) in [6.07, 6.45) is -0.874. The third-order valence-electron chi connectivity index (χ3n) is 4.98. The number of ether oxygens (including phenoxy) is 1. The number of fused-ring (bicyclic) bond motifs is 2. The average Bonchev–Trinajstić information content (AvgIpc) is 2.68. The molecule has 0 unspecified atom stereocenters. The van der Waals surface area contributed by atoms with Gasteiger partial charge in [-0.05, 0) is 51.1 Å². The first-order valence-electron chi connectivity index (χ1n) is 9.22. The van der Waals surface area contributed by atoms with E-state index in [0.717, 1.165) is 5.39 Å². The van der Waals surface area contributed by atoms with Gasteiger partial charge in [0, 0.05) is 17.5 Å². The zero-order valence-electron chi connectivity index (χ0n) is 16.3. The lowest BCUT2D eigenvalue weighted by Crippen LogP contribution is -2.60. The second kappa shape index (κ2) is 6.77. The minimum Gasteiger partial charge on any atom is -0.481 e. The zero-order chi connectivity index (χ0) is 20.8. The summed E-state index contributed by atoms with van der Waals surface area (Å²) in [4.78, 5) is 38.8. The Morgan fingerprint density at radius 3 is 2.62 bits per heavy atom. The largest absolute Gasteiger partial charge is 0.481 e. The van der Waals surface area contributed by atoms with Crippen LogP contribution in [0.3, 0.4) is 0 Å². The smallest absolute Gasteiger partial charge is 0.336 e. The van der Waals surface area contributed by atoms with E-state index in [1.807, 2.05) is 6.07 Å². The van der Waals surface area contributed by atoms with E-state index in [1.165, 1.54) is 11.0 Å². The molecule has 7 heteroatoms. The first-order valence-corrected chi connectivity index (χ1v) is 9.22. The van der Waals surface area contributed by atoms with Gasteiger partial charge < -0.3 is 14.5 Å². The number of carbonyl (C=O) groups excluding carboxylic acids is 2. The standard InChI is InChI=1S/C22H20N2O5/c1-13(28-15-10-8-14-9-11-19(25)29-18(14)12-15)20(26)24-17-7-5-4-6-16(17)23-21(27)22(24,2)3/h4-13H,1-3H3,(H,23,27)/t13-/m0/s1.